The number of fused-ring (bicyclic) bond motifs is 1. The largest absolute Gasteiger partial charge is 0.350 e. The van der Waals surface area contributed by atoms with Gasteiger partial charge in [0.15, 0.2) is 0 Å². The predicted octanol–water partition coefficient (Wildman–Crippen LogP) is 1.59. The van der Waals surface area contributed by atoms with Crippen molar-refractivity contribution in [1.82, 2.24) is 15.4 Å². The van der Waals surface area contributed by atoms with Crippen molar-refractivity contribution in [3.8, 4) is 0 Å². The van der Waals surface area contributed by atoms with Gasteiger partial charge in [-0.2, -0.15) is 0 Å². The summed E-state index contributed by atoms with van der Waals surface area (Å²) in [4.78, 5) is 24.6. The van der Waals surface area contributed by atoms with Crippen LogP contribution in [0.25, 0.3) is 10.9 Å². The van der Waals surface area contributed by atoms with Crippen LogP contribution in [0.4, 0.5) is 8.78 Å². The summed E-state index contributed by atoms with van der Waals surface area (Å²) < 4.78 is 32.9. The fourth-order valence-electron chi connectivity index (χ4n) is 2.51. The van der Waals surface area contributed by atoms with E-state index >= 15 is 0 Å². The molecule has 1 N–H and O–H groups in total. The van der Waals surface area contributed by atoms with Crippen molar-refractivity contribution >= 4 is 22.7 Å². The normalized spacial score (nSPS) is 19.7. The van der Waals surface area contributed by atoms with E-state index in [1.54, 1.807) is 24.3 Å². The molecule has 1 fully saturated rings. The molecule has 1 saturated heterocycles. The number of carbonyl (C=O) groups excluding carboxylic acids is 2. The molecule has 0 bridgehead atoms. The molecular formula is C15H13F2N3O3. The molecular weight excluding hydrogens is 308 g/mol. The fourth-order valence-corrected chi connectivity index (χ4v) is 2.51. The van der Waals surface area contributed by atoms with Gasteiger partial charge in [0.05, 0.1) is 11.9 Å². The van der Waals surface area contributed by atoms with Gasteiger partial charge in [-0.3, -0.25) is 9.59 Å². The lowest BCUT2D eigenvalue weighted by atomic mass is 10.1. The van der Waals surface area contributed by atoms with Crippen molar-refractivity contribution in [2.75, 3.05) is 13.1 Å². The molecule has 0 saturated carbocycles. The molecule has 1 unspecified atom stereocenters. The Bertz CT molecular complexity index is 787. The Morgan fingerprint density at radius 3 is 2.91 bits per heavy atom. The second-order valence-electron chi connectivity index (χ2n) is 5.24. The molecule has 23 heavy (non-hydrogen) atoms. The van der Waals surface area contributed by atoms with E-state index in [0.717, 1.165) is 11.0 Å². The number of rotatable bonds is 3. The Kier molecular flexibility index (Phi) is 3.59. The lowest BCUT2D eigenvalue weighted by Crippen LogP contribution is -2.46. The highest BCUT2D eigenvalue weighted by molar-refractivity contribution is 6.03. The fraction of sp³-hybridized carbons (Fsp3) is 0.267. The zero-order valence-electron chi connectivity index (χ0n) is 12.0. The van der Waals surface area contributed by atoms with Crippen molar-refractivity contribution in [3.63, 3.8) is 0 Å². The van der Waals surface area contributed by atoms with Crippen molar-refractivity contribution in [2.24, 2.45) is 0 Å². The average molecular weight is 321 g/mol. The Morgan fingerprint density at radius 2 is 2.17 bits per heavy atom. The van der Waals surface area contributed by atoms with E-state index in [1.807, 2.05) is 0 Å². The number of likely N-dealkylation sites (tertiary alicyclic amines) is 1. The maximum absolute atomic E-state index is 14.0. The topological polar surface area (TPSA) is 75.4 Å². The zero-order valence-corrected chi connectivity index (χ0v) is 12.0. The van der Waals surface area contributed by atoms with Crippen LogP contribution in [0.1, 0.15) is 10.6 Å². The molecule has 1 aromatic heterocycles. The van der Waals surface area contributed by atoms with Crippen LogP contribution in [-0.4, -0.2) is 46.9 Å². The number of aromatic nitrogens is 1. The molecule has 3 rings (SSSR count). The quantitative estimate of drug-likeness (QED) is 0.871. The van der Waals surface area contributed by atoms with Crippen molar-refractivity contribution in [2.45, 2.75) is 12.0 Å². The number of hydrogen-bond acceptors (Lipinski definition) is 4. The lowest BCUT2D eigenvalue weighted by Gasteiger charge is -2.17. The van der Waals surface area contributed by atoms with Gasteiger partial charge in [0.1, 0.15) is 11.6 Å². The van der Waals surface area contributed by atoms with Gasteiger partial charge in [0.2, 0.25) is 11.7 Å². The monoisotopic (exact) mass is 321 g/mol. The molecule has 1 atom stereocenters. The van der Waals surface area contributed by atoms with Crippen LogP contribution >= 0.6 is 0 Å². The van der Waals surface area contributed by atoms with E-state index in [-0.39, 0.29) is 12.3 Å². The second-order valence-corrected chi connectivity index (χ2v) is 5.24. The molecule has 2 heterocycles. The van der Waals surface area contributed by atoms with Crippen LogP contribution < -0.4 is 5.32 Å². The number of alkyl halides is 2. The first-order valence-electron chi connectivity index (χ1n) is 6.87. The molecule has 0 spiro atoms. The highest BCUT2D eigenvalue weighted by Gasteiger charge is 2.50. The minimum atomic E-state index is -3.23. The number of carbonyl (C=O) groups is 2. The van der Waals surface area contributed by atoms with Gasteiger partial charge in [0, 0.05) is 6.54 Å². The van der Waals surface area contributed by atoms with Crippen LogP contribution in [0.3, 0.4) is 0 Å². The Morgan fingerprint density at radius 1 is 1.43 bits per heavy atom. The maximum atomic E-state index is 14.0. The van der Waals surface area contributed by atoms with Crippen LogP contribution in [0, 0.1) is 0 Å². The van der Waals surface area contributed by atoms with Crippen LogP contribution in [0.5, 0.6) is 0 Å². The molecule has 2 aromatic rings. The summed E-state index contributed by atoms with van der Waals surface area (Å²) >= 11 is 0. The third kappa shape index (κ3) is 2.67. The van der Waals surface area contributed by atoms with Gasteiger partial charge >= 0.3 is 0 Å². The van der Waals surface area contributed by atoms with E-state index in [9.17, 15) is 18.4 Å². The molecule has 6 nitrogen and oxygen atoms in total. The van der Waals surface area contributed by atoms with E-state index in [4.69, 9.17) is 4.52 Å². The second kappa shape index (κ2) is 5.45. The predicted molar refractivity (Wildman–Crippen MR) is 77.0 cm³/mol. The third-order valence-electron chi connectivity index (χ3n) is 3.70. The molecule has 1 aliphatic heterocycles. The van der Waals surface area contributed by atoms with E-state index in [0.29, 0.717) is 10.9 Å². The summed E-state index contributed by atoms with van der Waals surface area (Å²) in [6.45, 7) is 2.21. The summed E-state index contributed by atoms with van der Waals surface area (Å²) in [5.41, 5.74) is 0.458. The number of benzene rings is 1. The van der Waals surface area contributed by atoms with Crippen molar-refractivity contribution in [1.29, 1.82) is 0 Å². The number of nitrogens with one attached hydrogen (secondary N) is 1. The Labute approximate surface area is 129 Å². The minimum absolute atomic E-state index is 0.134. The lowest BCUT2D eigenvalue weighted by molar-refractivity contribution is -0.126. The highest BCUT2D eigenvalue weighted by atomic mass is 19.3. The van der Waals surface area contributed by atoms with Crippen LogP contribution in [-0.2, 0) is 4.79 Å². The highest BCUT2D eigenvalue weighted by Crippen LogP contribution is 2.28. The third-order valence-corrected chi connectivity index (χ3v) is 3.70. The molecule has 8 heteroatoms. The summed E-state index contributed by atoms with van der Waals surface area (Å²) in [6.07, 6.45) is 0.963. The molecule has 120 valence electrons. The minimum Gasteiger partial charge on any atom is -0.350 e. The first-order valence-corrected chi connectivity index (χ1v) is 6.87. The molecule has 0 aliphatic carbocycles. The summed E-state index contributed by atoms with van der Waals surface area (Å²) in [5.74, 6) is -4.77. The molecule has 0 radical (unpaired) electrons. The maximum Gasteiger partial charge on any atom is 0.291 e. The molecule has 1 aliphatic rings. The van der Waals surface area contributed by atoms with Gasteiger partial charge < -0.3 is 14.7 Å². The van der Waals surface area contributed by atoms with Gasteiger partial charge in [-0.25, -0.2) is 8.78 Å². The first kappa shape index (κ1) is 15.1. The first-order chi connectivity index (χ1) is 10.9. The Hall–Kier alpha value is -2.77. The standard InChI is InChI=1S/C15H13F2N3O3/c1-2-12(21)20-7-11(15(16,17)8-20)18-14(22)13-9-5-3-4-6-10(9)19-23-13/h2-6,11H,1,7-8H2,(H,18,22). The summed E-state index contributed by atoms with van der Waals surface area (Å²) in [5, 5.41) is 6.36. The van der Waals surface area contributed by atoms with E-state index < -0.39 is 30.3 Å². The van der Waals surface area contributed by atoms with Gasteiger partial charge in [-0.05, 0) is 18.2 Å². The number of halogens is 2. The summed E-state index contributed by atoms with van der Waals surface area (Å²) in [6, 6.07) is 5.16. The summed E-state index contributed by atoms with van der Waals surface area (Å²) in [7, 11) is 0. The number of hydrogen-bond donors (Lipinski definition) is 1. The van der Waals surface area contributed by atoms with Crippen LogP contribution in [0.2, 0.25) is 0 Å². The average Bonchev–Trinajstić information content (AvgIpc) is 3.08. The SMILES string of the molecule is C=CC(=O)N1CC(NC(=O)c2onc3ccccc23)C(F)(F)C1. The van der Waals surface area contributed by atoms with Gasteiger partial charge in [0.25, 0.3) is 11.8 Å². The molecule has 2 amide bonds. The molecule has 1 aromatic carbocycles. The number of nitrogens with zero attached hydrogens (tertiary/aromatic N) is 2. The smallest absolute Gasteiger partial charge is 0.291 e. The van der Waals surface area contributed by atoms with Crippen molar-refractivity contribution in [3.05, 3.63) is 42.7 Å². The van der Waals surface area contributed by atoms with Crippen LogP contribution in [0.15, 0.2) is 41.4 Å². The zero-order chi connectivity index (χ0) is 16.6. The van der Waals surface area contributed by atoms with E-state index in [2.05, 4.69) is 17.1 Å². The number of amides is 2. The van der Waals surface area contributed by atoms with Crippen molar-refractivity contribution < 1.29 is 22.9 Å². The van der Waals surface area contributed by atoms with E-state index in [1.165, 1.54) is 0 Å². The van der Waals surface area contributed by atoms with Gasteiger partial charge in [-0.1, -0.05) is 23.9 Å². The van der Waals surface area contributed by atoms with Gasteiger partial charge in [-0.15, -0.1) is 0 Å². The Balaban J connectivity index is 1.80.